The monoisotopic (exact) mass is 317 g/mol. The van der Waals surface area contributed by atoms with E-state index in [1.807, 2.05) is 12.1 Å². The molecule has 1 aromatic rings. The number of benzene rings is 1. The van der Waals surface area contributed by atoms with E-state index >= 15 is 0 Å². The van der Waals surface area contributed by atoms with Crippen LogP contribution in [-0.4, -0.2) is 0 Å². The van der Waals surface area contributed by atoms with Crippen LogP contribution in [0.15, 0.2) is 24.3 Å². The minimum Gasteiger partial charge on any atom is -0.399 e. The normalized spacial score (nSPS) is 12.4. The lowest BCUT2D eigenvalue weighted by Gasteiger charge is -2.12. The van der Waals surface area contributed by atoms with Crippen molar-refractivity contribution in [2.24, 2.45) is 0 Å². The molecule has 0 aliphatic rings. The number of hydrogen-bond donors (Lipinski definition) is 1. The molecule has 0 amide bonds. The maximum absolute atomic E-state index is 5.75. The standard InChI is InChI=1S/C22H39N/c1-3-4-5-6-7-8-9-10-11-12-13-14-15-20(2)21-16-18-22(23)19-17-21/h16-20H,3-15,23H2,1-2H3. The highest BCUT2D eigenvalue weighted by molar-refractivity contribution is 5.40. The van der Waals surface area contributed by atoms with Gasteiger partial charge in [-0.1, -0.05) is 103 Å². The van der Waals surface area contributed by atoms with Crippen molar-refractivity contribution in [2.45, 2.75) is 103 Å². The van der Waals surface area contributed by atoms with Gasteiger partial charge in [-0.15, -0.1) is 0 Å². The maximum atomic E-state index is 5.75. The lowest BCUT2D eigenvalue weighted by atomic mass is 9.94. The predicted molar refractivity (Wildman–Crippen MR) is 105 cm³/mol. The molecule has 0 aliphatic carbocycles. The summed E-state index contributed by atoms with van der Waals surface area (Å²) in [4.78, 5) is 0. The van der Waals surface area contributed by atoms with Gasteiger partial charge in [-0.05, 0) is 30.0 Å². The summed E-state index contributed by atoms with van der Waals surface area (Å²) >= 11 is 0. The maximum Gasteiger partial charge on any atom is 0.0314 e. The summed E-state index contributed by atoms with van der Waals surface area (Å²) in [6.45, 7) is 4.63. The molecule has 1 rings (SSSR count). The fourth-order valence-corrected chi connectivity index (χ4v) is 3.28. The Hall–Kier alpha value is -0.980. The topological polar surface area (TPSA) is 26.0 Å². The van der Waals surface area contributed by atoms with Crippen LogP contribution in [0, 0.1) is 0 Å². The SMILES string of the molecule is CCCCCCCCCCCCCCC(C)c1ccc(N)cc1. The smallest absolute Gasteiger partial charge is 0.0314 e. The fourth-order valence-electron chi connectivity index (χ4n) is 3.28. The summed E-state index contributed by atoms with van der Waals surface area (Å²) in [6.07, 6.45) is 18.4. The zero-order valence-corrected chi connectivity index (χ0v) is 15.7. The van der Waals surface area contributed by atoms with Gasteiger partial charge in [-0.25, -0.2) is 0 Å². The Morgan fingerprint density at radius 3 is 1.61 bits per heavy atom. The zero-order valence-electron chi connectivity index (χ0n) is 15.7. The van der Waals surface area contributed by atoms with Crippen molar-refractivity contribution in [1.29, 1.82) is 0 Å². The van der Waals surface area contributed by atoms with Crippen molar-refractivity contribution < 1.29 is 0 Å². The first-order valence-electron chi connectivity index (χ1n) is 10.1. The average molecular weight is 318 g/mol. The largest absolute Gasteiger partial charge is 0.399 e. The molecule has 0 heterocycles. The Bertz CT molecular complexity index is 368. The van der Waals surface area contributed by atoms with Gasteiger partial charge in [-0.3, -0.25) is 0 Å². The average Bonchev–Trinajstić information content (AvgIpc) is 2.56. The first-order chi connectivity index (χ1) is 11.2. The Kier molecular flexibility index (Phi) is 11.7. The van der Waals surface area contributed by atoms with Gasteiger partial charge in [0.15, 0.2) is 0 Å². The van der Waals surface area contributed by atoms with Crippen LogP contribution in [0.3, 0.4) is 0 Å². The summed E-state index contributed by atoms with van der Waals surface area (Å²) < 4.78 is 0. The number of nitrogens with two attached hydrogens (primary N) is 1. The molecule has 1 nitrogen and oxygen atoms in total. The van der Waals surface area contributed by atoms with E-state index in [-0.39, 0.29) is 0 Å². The third kappa shape index (κ3) is 10.4. The lowest BCUT2D eigenvalue weighted by Crippen LogP contribution is -1.94. The highest BCUT2D eigenvalue weighted by atomic mass is 14.5. The number of nitrogen functional groups attached to an aromatic ring is 1. The molecule has 0 spiro atoms. The van der Waals surface area contributed by atoms with Crippen LogP contribution in [0.25, 0.3) is 0 Å². The van der Waals surface area contributed by atoms with E-state index in [0.717, 1.165) is 5.69 Å². The Morgan fingerprint density at radius 2 is 1.13 bits per heavy atom. The van der Waals surface area contributed by atoms with Gasteiger partial charge in [0.25, 0.3) is 0 Å². The molecule has 0 fully saturated rings. The van der Waals surface area contributed by atoms with E-state index in [9.17, 15) is 0 Å². The van der Waals surface area contributed by atoms with Crippen molar-refractivity contribution in [2.75, 3.05) is 5.73 Å². The molecule has 132 valence electrons. The Labute approximate surface area is 145 Å². The second-order valence-corrected chi connectivity index (χ2v) is 7.25. The highest BCUT2D eigenvalue weighted by Gasteiger charge is 2.04. The van der Waals surface area contributed by atoms with Crippen LogP contribution in [0.1, 0.15) is 109 Å². The molecular weight excluding hydrogens is 278 g/mol. The first-order valence-corrected chi connectivity index (χ1v) is 10.1. The molecule has 0 saturated heterocycles. The van der Waals surface area contributed by atoms with E-state index < -0.39 is 0 Å². The van der Waals surface area contributed by atoms with Crippen LogP contribution >= 0.6 is 0 Å². The lowest BCUT2D eigenvalue weighted by molar-refractivity contribution is 0.528. The second-order valence-electron chi connectivity index (χ2n) is 7.25. The number of anilines is 1. The van der Waals surface area contributed by atoms with E-state index in [0.29, 0.717) is 5.92 Å². The summed E-state index contributed by atoms with van der Waals surface area (Å²) in [7, 11) is 0. The molecule has 0 aliphatic heterocycles. The molecule has 0 saturated carbocycles. The summed E-state index contributed by atoms with van der Waals surface area (Å²) in [5.41, 5.74) is 8.05. The van der Waals surface area contributed by atoms with Crippen molar-refractivity contribution in [3.8, 4) is 0 Å². The highest BCUT2D eigenvalue weighted by Crippen LogP contribution is 2.23. The second kappa shape index (κ2) is 13.5. The number of unbranched alkanes of at least 4 members (excludes halogenated alkanes) is 11. The van der Waals surface area contributed by atoms with E-state index in [2.05, 4.69) is 26.0 Å². The Balaban J connectivity index is 1.88. The molecule has 1 unspecified atom stereocenters. The van der Waals surface area contributed by atoms with E-state index in [1.54, 1.807) is 0 Å². The summed E-state index contributed by atoms with van der Waals surface area (Å²) in [6, 6.07) is 8.41. The van der Waals surface area contributed by atoms with Crippen LogP contribution in [0.2, 0.25) is 0 Å². The number of rotatable bonds is 14. The summed E-state index contributed by atoms with van der Waals surface area (Å²) in [5.74, 6) is 0.665. The van der Waals surface area contributed by atoms with Gasteiger partial charge in [0.1, 0.15) is 0 Å². The van der Waals surface area contributed by atoms with Gasteiger partial charge in [0.2, 0.25) is 0 Å². The molecular formula is C22H39N. The molecule has 0 bridgehead atoms. The minimum absolute atomic E-state index is 0.665. The van der Waals surface area contributed by atoms with Crippen LogP contribution in [0.5, 0.6) is 0 Å². The van der Waals surface area contributed by atoms with Gasteiger partial charge >= 0.3 is 0 Å². The Morgan fingerprint density at radius 1 is 0.696 bits per heavy atom. The molecule has 2 N–H and O–H groups in total. The van der Waals surface area contributed by atoms with Crippen molar-refractivity contribution in [1.82, 2.24) is 0 Å². The van der Waals surface area contributed by atoms with Crippen LogP contribution < -0.4 is 5.73 Å². The van der Waals surface area contributed by atoms with Crippen LogP contribution in [-0.2, 0) is 0 Å². The molecule has 23 heavy (non-hydrogen) atoms. The third-order valence-electron chi connectivity index (χ3n) is 5.00. The third-order valence-corrected chi connectivity index (χ3v) is 5.00. The minimum atomic E-state index is 0.665. The molecule has 1 aromatic carbocycles. The van der Waals surface area contributed by atoms with Gasteiger partial charge in [0, 0.05) is 5.69 Å². The van der Waals surface area contributed by atoms with Gasteiger partial charge in [0.05, 0.1) is 0 Å². The van der Waals surface area contributed by atoms with Gasteiger partial charge in [-0.2, -0.15) is 0 Å². The summed E-state index contributed by atoms with van der Waals surface area (Å²) in [5, 5.41) is 0. The zero-order chi connectivity index (χ0) is 16.8. The van der Waals surface area contributed by atoms with Crippen LogP contribution in [0.4, 0.5) is 5.69 Å². The van der Waals surface area contributed by atoms with Gasteiger partial charge < -0.3 is 5.73 Å². The van der Waals surface area contributed by atoms with E-state index in [4.69, 9.17) is 5.73 Å². The molecule has 1 heteroatoms. The first kappa shape index (κ1) is 20.1. The van der Waals surface area contributed by atoms with Crippen molar-refractivity contribution >= 4 is 5.69 Å². The van der Waals surface area contributed by atoms with E-state index in [1.165, 1.54) is 89.0 Å². The predicted octanol–water partition coefficient (Wildman–Crippen LogP) is 7.46. The van der Waals surface area contributed by atoms with Crippen molar-refractivity contribution in [3.63, 3.8) is 0 Å². The fraction of sp³-hybridized carbons (Fsp3) is 0.727. The quantitative estimate of drug-likeness (QED) is 0.279. The number of hydrogen-bond acceptors (Lipinski definition) is 1. The van der Waals surface area contributed by atoms with Crippen molar-refractivity contribution in [3.05, 3.63) is 29.8 Å². The molecule has 0 aromatic heterocycles. The molecule has 0 radical (unpaired) electrons. The molecule has 1 atom stereocenters.